The van der Waals surface area contributed by atoms with Crippen LogP contribution >= 0.6 is 0 Å². The van der Waals surface area contributed by atoms with E-state index in [1.165, 1.54) is 7.11 Å². The Morgan fingerprint density at radius 2 is 2.00 bits per heavy atom. The van der Waals surface area contributed by atoms with Crippen molar-refractivity contribution in [3.8, 4) is 0 Å². The van der Waals surface area contributed by atoms with E-state index in [2.05, 4.69) is 4.74 Å². The third-order valence-electron chi connectivity index (χ3n) is 2.52. The van der Waals surface area contributed by atoms with E-state index in [0.29, 0.717) is 6.61 Å². The van der Waals surface area contributed by atoms with Crippen molar-refractivity contribution >= 4 is 11.9 Å². The van der Waals surface area contributed by atoms with Gasteiger partial charge in [0.25, 0.3) is 0 Å². The van der Waals surface area contributed by atoms with Crippen molar-refractivity contribution in [1.29, 1.82) is 0 Å². The van der Waals surface area contributed by atoms with Crippen LogP contribution < -0.4 is 0 Å². The van der Waals surface area contributed by atoms with Crippen LogP contribution in [-0.2, 0) is 28.5 Å². The Morgan fingerprint density at radius 3 is 2.56 bits per heavy atom. The van der Waals surface area contributed by atoms with Crippen molar-refractivity contribution in [3.63, 3.8) is 0 Å². The highest BCUT2D eigenvalue weighted by Gasteiger charge is 2.40. The first-order valence-electron chi connectivity index (χ1n) is 5.97. The lowest BCUT2D eigenvalue weighted by Gasteiger charge is -2.39. The quantitative estimate of drug-likeness (QED) is 0.703. The van der Waals surface area contributed by atoms with Crippen molar-refractivity contribution in [3.05, 3.63) is 0 Å². The average Bonchev–Trinajstić information content (AvgIpc) is 2.25. The van der Waals surface area contributed by atoms with E-state index in [1.54, 1.807) is 20.8 Å². The summed E-state index contributed by atoms with van der Waals surface area (Å²) in [6, 6.07) is 0. The number of carbonyl (C=O) groups excluding carboxylic acids is 2. The number of rotatable bonds is 4. The molecular weight excluding hydrogens is 240 g/mol. The molecule has 0 aliphatic carbocycles. The highest BCUT2D eigenvalue weighted by atomic mass is 16.7. The van der Waals surface area contributed by atoms with Crippen LogP contribution in [0.25, 0.3) is 0 Å². The highest BCUT2D eigenvalue weighted by Crippen LogP contribution is 2.29. The molecule has 1 saturated heterocycles. The highest BCUT2D eigenvalue weighted by molar-refractivity contribution is 5.75. The molecule has 0 spiro atoms. The number of methoxy groups -OCH3 is 1. The second kappa shape index (κ2) is 6.15. The summed E-state index contributed by atoms with van der Waals surface area (Å²) in [5.41, 5.74) is 0. The average molecular weight is 260 g/mol. The first-order valence-corrected chi connectivity index (χ1v) is 5.97. The Balaban J connectivity index is 2.63. The van der Waals surface area contributed by atoms with Gasteiger partial charge in [-0.2, -0.15) is 0 Å². The molecule has 1 fully saturated rings. The third-order valence-corrected chi connectivity index (χ3v) is 2.52. The van der Waals surface area contributed by atoms with E-state index in [1.807, 2.05) is 0 Å². The summed E-state index contributed by atoms with van der Waals surface area (Å²) in [6.07, 6.45) is -0.724. The third kappa shape index (κ3) is 4.27. The summed E-state index contributed by atoms with van der Waals surface area (Å²) >= 11 is 0. The molecule has 0 N–H and O–H groups in total. The van der Waals surface area contributed by atoms with Gasteiger partial charge in [-0.25, -0.2) is 4.79 Å². The smallest absolute Gasteiger partial charge is 0.335 e. The van der Waals surface area contributed by atoms with Crippen LogP contribution in [0.15, 0.2) is 0 Å². The van der Waals surface area contributed by atoms with Crippen LogP contribution in [0.3, 0.4) is 0 Å². The lowest BCUT2D eigenvalue weighted by Crippen LogP contribution is -2.48. The molecule has 0 aromatic carbocycles. The Labute approximate surface area is 107 Å². The molecule has 0 bridgehead atoms. The molecule has 0 amide bonds. The van der Waals surface area contributed by atoms with Crippen molar-refractivity contribution in [2.24, 2.45) is 0 Å². The first-order chi connectivity index (χ1) is 8.38. The van der Waals surface area contributed by atoms with Gasteiger partial charge in [0.05, 0.1) is 26.2 Å². The molecule has 2 atom stereocenters. The molecule has 1 heterocycles. The maximum Gasteiger partial charge on any atom is 0.335 e. The van der Waals surface area contributed by atoms with E-state index < -0.39 is 24.0 Å². The number of carbonyl (C=O) groups is 2. The molecule has 2 unspecified atom stereocenters. The standard InChI is InChI=1S/C12H20O6/c1-5-16-10(13)7-8-6-9(11(14)15-4)18-12(2,3)17-8/h8-9H,5-7H2,1-4H3. The Morgan fingerprint density at radius 1 is 1.33 bits per heavy atom. The molecule has 1 rings (SSSR count). The molecule has 6 nitrogen and oxygen atoms in total. The molecular formula is C12H20O6. The molecule has 18 heavy (non-hydrogen) atoms. The van der Waals surface area contributed by atoms with E-state index in [9.17, 15) is 9.59 Å². The zero-order valence-electron chi connectivity index (χ0n) is 11.2. The molecule has 104 valence electrons. The summed E-state index contributed by atoms with van der Waals surface area (Å²) in [5.74, 6) is -1.72. The van der Waals surface area contributed by atoms with E-state index in [0.717, 1.165) is 0 Å². The Kier molecular flexibility index (Phi) is 5.10. The van der Waals surface area contributed by atoms with Crippen molar-refractivity contribution < 1.29 is 28.5 Å². The van der Waals surface area contributed by atoms with Crippen LogP contribution in [0.4, 0.5) is 0 Å². The summed E-state index contributed by atoms with van der Waals surface area (Å²) < 4.78 is 20.5. The number of ether oxygens (including phenoxy) is 4. The summed E-state index contributed by atoms with van der Waals surface area (Å²) in [7, 11) is 1.30. The van der Waals surface area contributed by atoms with Gasteiger partial charge in [-0.15, -0.1) is 0 Å². The Hall–Kier alpha value is -1.14. The second-order valence-electron chi connectivity index (χ2n) is 4.51. The monoisotopic (exact) mass is 260 g/mol. The lowest BCUT2D eigenvalue weighted by molar-refractivity contribution is -0.297. The zero-order chi connectivity index (χ0) is 13.8. The fourth-order valence-corrected chi connectivity index (χ4v) is 1.91. The van der Waals surface area contributed by atoms with Gasteiger partial charge in [-0.1, -0.05) is 0 Å². The van der Waals surface area contributed by atoms with Gasteiger partial charge in [-0.05, 0) is 20.8 Å². The normalized spacial score (nSPS) is 26.4. The van der Waals surface area contributed by atoms with Gasteiger partial charge in [0.15, 0.2) is 11.9 Å². The molecule has 1 aliphatic rings. The van der Waals surface area contributed by atoms with Gasteiger partial charge < -0.3 is 18.9 Å². The minimum absolute atomic E-state index is 0.105. The van der Waals surface area contributed by atoms with Crippen LogP contribution in [0.5, 0.6) is 0 Å². The van der Waals surface area contributed by atoms with E-state index in [4.69, 9.17) is 14.2 Å². The van der Waals surface area contributed by atoms with Crippen LogP contribution in [-0.4, -0.2) is 43.7 Å². The number of hydrogen-bond donors (Lipinski definition) is 0. The molecule has 0 saturated carbocycles. The molecule has 0 aromatic rings. The van der Waals surface area contributed by atoms with Crippen molar-refractivity contribution in [1.82, 2.24) is 0 Å². The first kappa shape index (κ1) is 14.9. The minimum atomic E-state index is -0.922. The lowest BCUT2D eigenvalue weighted by atomic mass is 10.1. The topological polar surface area (TPSA) is 71.1 Å². The predicted octanol–water partition coefficient (Wildman–Crippen LogP) is 1.02. The summed E-state index contributed by atoms with van der Waals surface area (Å²) in [6.45, 7) is 5.45. The van der Waals surface area contributed by atoms with Crippen LogP contribution in [0.1, 0.15) is 33.6 Å². The summed E-state index contributed by atoms with van der Waals surface area (Å²) in [5, 5.41) is 0. The van der Waals surface area contributed by atoms with Gasteiger partial charge in [0.2, 0.25) is 0 Å². The second-order valence-corrected chi connectivity index (χ2v) is 4.51. The Bertz CT molecular complexity index is 312. The minimum Gasteiger partial charge on any atom is -0.467 e. The van der Waals surface area contributed by atoms with E-state index >= 15 is 0 Å². The van der Waals surface area contributed by atoms with Crippen LogP contribution in [0.2, 0.25) is 0 Å². The fraction of sp³-hybridized carbons (Fsp3) is 0.833. The molecule has 0 radical (unpaired) electrons. The van der Waals surface area contributed by atoms with Crippen LogP contribution in [0, 0.1) is 0 Å². The number of esters is 2. The summed E-state index contributed by atoms with van der Waals surface area (Å²) in [4.78, 5) is 22.9. The SMILES string of the molecule is CCOC(=O)CC1CC(C(=O)OC)OC(C)(C)O1. The maximum atomic E-state index is 11.5. The van der Waals surface area contributed by atoms with Gasteiger partial charge in [-0.3, -0.25) is 4.79 Å². The number of hydrogen-bond acceptors (Lipinski definition) is 6. The van der Waals surface area contributed by atoms with Gasteiger partial charge in [0, 0.05) is 6.42 Å². The van der Waals surface area contributed by atoms with E-state index in [-0.39, 0.29) is 18.8 Å². The predicted molar refractivity (Wildman–Crippen MR) is 61.7 cm³/mol. The fourth-order valence-electron chi connectivity index (χ4n) is 1.91. The largest absolute Gasteiger partial charge is 0.467 e. The molecule has 6 heteroatoms. The maximum absolute atomic E-state index is 11.5. The van der Waals surface area contributed by atoms with Crippen molar-refractivity contribution in [2.45, 2.75) is 51.6 Å². The van der Waals surface area contributed by atoms with Gasteiger partial charge in [0.1, 0.15) is 0 Å². The van der Waals surface area contributed by atoms with Crippen molar-refractivity contribution in [2.75, 3.05) is 13.7 Å². The molecule has 0 aromatic heterocycles. The van der Waals surface area contributed by atoms with Gasteiger partial charge >= 0.3 is 11.9 Å². The zero-order valence-corrected chi connectivity index (χ0v) is 11.2. The molecule has 1 aliphatic heterocycles.